The van der Waals surface area contributed by atoms with Crippen LogP contribution in [0, 0.1) is 0 Å². The first-order valence-electron chi connectivity index (χ1n) is 13.6. The van der Waals surface area contributed by atoms with Crippen molar-refractivity contribution < 1.29 is 43.2 Å². The third-order valence-electron chi connectivity index (χ3n) is 7.09. The molecule has 0 saturated carbocycles. The van der Waals surface area contributed by atoms with Crippen molar-refractivity contribution >= 4 is 23.6 Å². The van der Waals surface area contributed by atoms with Gasteiger partial charge in [0.2, 0.25) is 0 Å². The van der Waals surface area contributed by atoms with Crippen molar-refractivity contribution in [3.8, 4) is 0 Å². The van der Waals surface area contributed by atoms with Gasteiger partial charge in [-0.2, -0.15) is 0 Å². The van der Waals surface area contributed by atoms with Crippen molar-refractivity contribution in [3.63, 3.8) is 0 Å². The number of carbonyl (C=O) groups is 4. The number of amides is 2. The van der Waals surface area contributed by atoms with E-state index in [4.69, 9.17) is 18.9 Å². The summed E-state index contributed by atoms with van der Waals surface area (Å²) in [4.78, 5) is 52.0. The maximum atomic E-state index is 13.5. The quantitative estimate of drug-likeness (QED) is 0.271. The summed E-state index contributed by atoms with van der Waals surface area (Å²) in [6.45, 7) is 1.44. The van der Waals surface area contributed by atoms with E-state index in [0.29, 0.717) is 0 Å². The smallest absolute Gasteiger partial charge is 0.306 e. The predicted octanol–water partition coefficient (Wildman–Crippen LogP) is 3.41. The van der Waals surface area contributed by atoms with Crippen molar-refractivity contribution in [2.75, 3.05) is 0 Å². The highest BCUT2D eigenvalue weighted by molar-refractivity contribution is 6.21. The van der Waals surface area contributed by atoms with Gasteiger partial charge in [0.15, 0.2) is 18.6 Å². The fraction of sp³-hybridized carbons (Fsp3) is 0.312. The molecule has 218 valence electrons. The number of fused-ring (bicyclic) bond motifs is 1. The van der Waals surface area contributed by atoms with Crippen LogP contribution in [0.25, 0.3) is 0 Å². The molecule has 2 aliphatic heterocycles. The second-order valence-electron chi connectivity index (χ2n) is 10.1. The van der Waals surface area contributed by atoms with E-state index in [0.717, 1.165) is 16.0 Å². The van der Waals surface area contributed by atoms with Crippen LogP contribution in [0.3, 0.4) is 0 Å². The topological polar surface area (TPSA) is 129 Å². The molecule has 0 radical (unpaired) electrons. The van der Waals surface area contributed by atoms with Crippen LogP contribution in [0.15, 0.2) is 84.9 Å². The number of hydrogen-bond donors (Lipinski definition) is 1. The molecule has 5 rings (SSSR count). The lowest BCUT2D eigenvalue weighted by molar-refractivity contribution is -0.319. The summed E-state index contributed by atoms with van der Waals surface area (Å²) in [5, 5.41) is 11.1. The van der Waals surface area contributed by atoms with Crippen molar-refractivity contribution in [1.29, 1.82) is 0 Å². The highest BCUT2D eigenvalue weighted by Gasteiger charge is 2.55. The molecule has 0 aromatic heterocycles. The van der Waals surface area contributed by atoms with Crippen LogP contribution in [-0.2, 0) is 41.8 Å². The van der Waals surface area contributed by atoms with Crippen LogP contribution in [-0.4, -0.2) is 64.4 Å². The minimum absolute atomic E-state index is 0.0380. The molecule has 42 heavy (non-hydrogen) atoms. The van der Waals surface area contributed by atoms with Gasteiger partial charge in [-0.15, -0.1) is 0 Å². The predicted molar refractivity (Wildman–Crippen MR) is 148 cm³/mol. The molecular weight excluding hydrogens is 542 g/mol. The Morgan fingerprint density at radius 2 is 1.24 bits per heavy atom. The molecule has 3 aromatic rings. The Kier molecular flexibility index (Phi) is 9.19. The van der Waals surface area contributed by atoms with Gasteiger partial charge < -0.3 is 28.8 Å². The number of rotatable bonds is 11. The molecule has 1 saturated heterocycles. The Morgan fingerprint density at radius 1 is 0.738 bits per heavy atom. The van der Waals surface area contributed by atoms with E-state index in [9.17, 15) is 24.3 Å². The zero-order chi connectivity index (χ0) is 29.6. The molecule has 1 fully saturated rings. The zero-order valence-electron chi connectivity index (χ0n) is 23.0. The lowest BCUT2D eigenvalue weighted by Crippen LogP contribution is -2.65. The SMILES string of the molecule is CC(=O)CCC(=O)O[C@@H]1[C@@H](OCc2ccccc2)[C@H](OCc2ccccc2)[C@@H](N2C(=O)c3ccccc3C2=O)O[C@H]1O. The molecule has 10 heteroatoms. The Balaban J connectivity index is 1.49. The maximum Gasteiger partial charge on any atom is 0.306 e. The third kappa shape index (κ3) is 6.47. The van der Waals surface area contributed by atoms with Crippen molar-refractivity contribution in [2.24, 2.45) is 0 Å². The van der Waals surface area contributed by atoms with Gasteiger partial charge in [0.05, 0.1) is 30.8 Å². The Bertz CT molecular complexity index is 1390. The number of ether oxygens (including phenoxy) is 4. The second kappa shape index (κ2) is 13.2. The lowest BCUT2D eigenvalue weighted by atomic mass is 10.0. The summed E-state index contributed by atoms with van der Waals surface area (Å²) < 4.78 is 24.0. The number of esters is 1. The standard InChI is InChI=1S/C32H31NO9/c1-20(34)16-17-25(35)41-28-26(39-18-21-10-4-2-5-11-21)27(40-19-22-12-6-3-7-13-22)31(42-32(28)38)33-29(36)23-14-8-9-15-24(23)30(33)37/h2-15,26-28,31-32,38H,16-19H2,1H3/t26-,27-,28+,31-,32+/m0/s1. The normalized spacial score (nSPS) is 23.5. The van der Waals surface area contributed by atoms with Crippen LogP contribution in [0.5, 0.6) is 0 Å². The average molecular weight is 574 g/mol. The van der Waals surface area contributed by atoms with E-state index in [1.807, 2.05) is 60.7 Å². The van der Waals surface area contributed by atoms with Crippen molar-refractivity contribution in [3.05, 3.63) is 107 Å². The monoisotopic (exact) mass is 573 g/mol. The first-order chi connectivity index (χ1) is 20.3. The van der Waals surface area contributed by atoms with E-state index in [-0.39, 0.29) is 43.0 Å². The van der Waals surface area contributed by atoms with E-state index in [1.165, 1.54) is 19.1 Å². The number of aliphatic hydroxyl groups excluding tert-OH is 1. The maximum absolute atomic E-state index is 13.5. The molecule has 2 aliphatic rings. The molecule has 5 atom stereocenters. The fourth-order valence-corrected chi connectivity index (χ4v) is 4.97. The van der Waals surface area contributed by atoms with E-state index >= 15 is 0 Å². The Labute approximate surface area is 242 Å². The first kappa shape index (κ1) is 29.3. The summed E-state index contributed by atoms with van der Waals surface area (Å²) in [6, 6.07) is 24.8. The van der Waals surface area contributed by atoms with Gasteiger partial charge in [0, 0.05) is 6.42 Å². The van der Waals surface area contributed by atoms with E-state index in [1.54, 1.807) is 12.1 Å². The summed E-state index contributed by atoms with van der Waals surface area (Å²) in [6.07, 6.45) is -7.17. The molecule has 0 unspecified atom stereocenters. The number of imide groups is 1. The lowest BCUT2D eigenvalue weighted by Gasteiger charge is -2.46. The largest absolute Gasteiger partial charge is 0.454 e. The van der Waals surface area contributed by atoms with Crippen molar-refractivity contribution in [2.45, 2.75) is 63.8 Å². The van der Waals surface area contributed by atoms with Crippen LogP contribution < -0.4 is 0 Å². The van der Waals surface area contributed by atoms with Crippen LogP contribution >= 0.6 is 0 Å². The number of ketones is 1. The molecule has 0 aliphatic carbocycles. The Hall–Kier alpha value is -4.22. The molecule has 1 N–H and O–H groups in total. The molecule has 10 nitrogen and oxygen atoms in total. The van der Waals surface area contributed by atoms with Crippen LogP contribution in [0.4, 0.5) is 0 Å². The summed E-state index contributed by atoms with van der Waals surface area (Å²) >= 11 is 0. The van der Waals surface area contributed by atoms with Gasteiger partial charge in [0.1, 0.15) is 18.0 Å². The van der Waals surface area contributed by atoms with Crippen molar-refractivity contribution in [1.82, 2.24) is 4.90 Å². The second-order valence-corrected chi connectivity index (χ2v) is 10.1. The number of benzene rings is 3. The molecule has 2 heterocycles. The fourth-order valence-electron chi connectivity index (χ4n) is 4.97. The third-order valence-corrected chi connectivity index (χ3v) is 7.09. The minimum atomic E-state index is -1.78. The van der Waals surface area contributed by atoms with Gasteiger partial charge >= 0.3 is 5.97 Å². The highest BCUT2D eigenvalue weighted by Crippen LogP contribution is 2.35. The highest BCUT2D eigenvalue weighted by atomic mass is 16.7. The molecule has 0 spiro atoms. The molecule has 2 amide bonds. The molecule has 0 bridgehead atoms. The van der Waals surface area contributed by atoms with Gasteiger partial charge in [-0.3, -0.25) is 14.4 Å². The average Bonchev–Trinajstić information content (AvgIpc) is 3.25. The molecule has 3 aromatic carbocycles. The van der Waals surface area contributed by atoms with E-state index < -0.39 is 48.6 Å². The van der Waals surface area contributed by atoms with Crippen LogP contribution in [0.2, 0.25) is 0 Å². The molecular formula is C32H31NO9. The van der Waals surface area contributed by atoms with Gasteiger partial charge in [-0.05, 0) is 30.2 Å². The number of hydrogen-bond acceptors (Lipinski definition) is 9. The van der Waals surface area contributed by atoms with Crippen LogP contribution in [0.1, 0.15) is 51.6 Å². The summed E-state index contributed by atoms with van der Waals surface area (Å²) in [5.74, 6) is -2.16. The van der Waals surface area contributed by atoms with Gasteiger partial charge in [0.25, 0.3) is 11.8 Å². The zero-order valence-corrected chi connectivity index (χ0v) is 23.0. The Morgan fingerprint density at radius 3 is 1.76 bits per heavy atom. The number of Topliss-reactive ketones (excluding diaryl/α,β-unsaturated/α-hetero) is 1. The van der Waals surface area contributed by atoms with E-state index in [2.05, 4.69) is 0 Å². The summed E-state index contributed by atoms with van der Waals surface area (Å²) in [7, 11) is 0. The first-order valence-corrected chi connectivity index (χ1v) is 13.6. The number of nitrogens with zero attached hydrogens (tertiary/aromatic N) is 1. The minimum Gasteiger partial charge on any atom is -0.454 e. The number of aliphatic hydroxyl groups is 1. The van der Waals surface area contributed by atoms with Gasteiger partial charge in [-0.1, -0.05) is 72.8 Å². The van der Waals surface area contributed by atoms with Gasteiger partial charge in [-0.25, -0.2) is 4.90 Å². The summed E-state index contributed by atoms with van der Waals surface area (Å²) in [5.41, 5.74) is 1.98. The number of carbonyl (C=O) groups excluding carboxylic acids is 4.